The van der Waals surface area contributed by atoms with E-state index in [1.165, 1.54) is 23.9 Å². The van der Waals surface area contributed by atoms with Crippen molar-refractivity contribution in [2.75, 3.05) is 0 Å². The van der Waals surface area contributed by atoms with Crippen LogP contribution in [0.3, 0.4) is 0 Å². The summed E-state index contributed by atoms with van der Waals surface area (Å²) in [5, 5.41) is 8.89. The summed E-state index contributed by atoms with van der Waals surface area (Å²) in [5.74, 6) is -1.58. The molecule has 0 saturated carbocycles. The van der Waals surface area contributed by atoms with Crippen molar-refractivity contribution >= 4 is 17.7 Å². The fourth-order valence-electron chi connectivity index (χ4n) is 0.983. The van der Waals surface area contributed by atoms with Crippen LogP contribution in [0.15, 0.2) is 23.1 Å². The van der Waals surface area contributed by atoms with Crippen LogP contribution in [0.25, 0.3) is 0 Å². The zero-order valence-corrected chi connectivity index (χ0v) is 8.77. The summed E-state index contributed by atoms with van der Waals surface area (Å²) in [6.07, 6.45) is 0. The van der Waals surface area contributed by atoms with Crippen molar-refractivity contribution in [1.29, 1.82) is 0 Å². The quantitative estimate of drug-likeness (QED) is 0.786. The number of hydrogen-bond donors (Lipinski definition) is 1. The molecule has 1 N–H and O–H groups in total. The Morgan fingerprint density at radius 3 is 2.57 bits per heavy atom. The molecule has 2 nitrogen and oxygen atoms in total. The highest BCUT2D eigenvalue weighted by molar-refractivity contribution is 7.99. The van der Waals surface area contributed by atoms with E-state index in [4.69, 9.17) is 5.11 Å². The van der Waals surface area contributed by atoms with Gasteiger partial charge < -0.3 is 5.11 Å². The van der Waals surface area contributed by atoms with E-state index >= 15 is 0 Å². The molecule has 0 heterocycles. The molecule has 0 saturated heterocycles. The molecular weight excluding hydrogens is 203 g/mol. The SMILES string of the molecule is CC(C)Sc1ccc(C(=O)O)cc1F. The van der Waals surface area contributed by atoms with Gasteiger partial charge >= 0.3 is 5.97 Å². The molecule has 1 aromatic rings. The second kappa shape index (κ2) is 4.46. The first-order valence-corrected chi connectivity index (χ1v) is 5.08. The number of carboxylic acid groups (broad SMARTS) is 1. The number of carbonyl (C=O) groups is 1. The Hall–Kier alpha value is -1.03. The Bertz CT molecular complexity index is 350. The first-order chi connectivity index (χ1) is 6.50. The number of rotatable bonds is 3. The smallest absolute Gasteiger partial charge is 0.335 e. The number of aromatic carboxylic acids is 1. The molecule has 76 valence electrons. The topological polar surface area (TPSA) is 37.3 Å². The van der Waals surface area contributed by atoms with Crippen LogP contribution in [-0.2, 0) is 0 Å². The normalized spacial score (nSPS) is 10.6. The number of thioether (sulfide) groups is 1. The second-order valence-corrected chi connectivity index (χ2v) is 4.74. The van der Waals surface area contributed by atoms with Gasteiger partial charge in [0.15, 0.2) is 0 Å². The number of carboxylic acids is 1. The van der Waals surface area contributed by atoms with Gasteiger partial charge in [0.1, 0.15) is 5.82 Å². The zero-order valence-electron chi connectivity index (χ0n) is 7.95. The average molecular weight is 214 g/mol. The average Bonchev–Trinajstić information content (AvgIpc) is 2.07. The van der Waals surface area contributed by atoms with Crippen molar-refractivity contribution in [2.24, 2.45) is 0 Å². The van der Waals surface area contributed by atoms with Gasteiger partial charge in [-0.05, 0) is 18.2 Å². The summed E-state index contributed by atoms with van der Waals surface area (Å²) < 4.78 is 13.3. The first-order valence-electron chi connectivity index (χ1n) is 4.20. The molecule has 0 aromatic heterocycles. The third kappa shape index (κ3) is 2.73. The van der Waals surface area contributed by atoms with E-state index in [-0.39, 0.29) is 10.8 Å². The minimum absolute atomic E-state index is 0.0180. The third-order valence-electron chi connectivity index (χ3n) is 1.54. The molecule has 14 heavy (non-hydrogen) atoms. The molecule has 0 radical (unpaired) electrons. The van der Waals surface area contributed by atoms with Gasteiger partial charge in [-0.3, -0.25) is 0 Å². The van der Waals surface area contributed by atoms with Gasteiger partial charge in [0.25, 0.3) is 0 Å². The van der Waals surface area contributed by atoms with E-state index in [2.05, 4.69) is 0 Å². The monoisotopic (exact) mass is 214 g/mol. The summed E-state index contributed by atoms with van der Waals surface area (Å²) >= 11 is 1.38. The molecule has 0 aliphatic carbocycles. The van der Waals surface area contributed by atoms with E-state index < -0.39 is 11.8 Å². The molecule has 0 fully saturated rings. The van der Waals surface area contributed by atoms with E-state index in [0.29, 0.717) is 4.90 Å². The standard InChI is InChI=1S/C10H11FO2S/c1-6(2)14-9-4-3-7(10(12)13)5-8(9)11/h3-6H,1-2H3,(H,12,13). The fourth-order valence-corrected chi connectivity index (χ4v) is 1.81. The Balaban J connectivity index is 2.95. The summed E-state index contributed by atoms with van der Waals surface area (Å²) in [5.41, 5.74) is -0.0180. The van der Waals surface area contributed by atoms with Crippen LogP contribution >= 0.6 is 11.8 Å². The minimum Gasteiger partial charge on any atom is -0.478 e. The zero-order chi connectivity index (χ0) is 10.7. The molecule has 0 amide bonds. The molecule has 0 bridgehead atoms. The van der Waals surface area contributed by atoms with Crippen molar-refractivity contribution in [1.82, 2.24) is 0 Å². The van der Waals surface area contributed by atoms with Crippen LogP contribution in [0.1, 0.15) is 24.2 Å². The maximum atomic E-state index is 13.3. The van der Waals surface area contributed by atoms with Crippen molar-refractivity contribution in [3.05, 3.63) is 29.6 Å². The maximum absolute atomic E-state index is 13.3. The summed E-state index contributed by atoms with van der Waals surface area (Å²) in [7, 11) is 0. The molecular formula is C10H11FO2S. The molecule has 0 aliphatic rings. The largest absolute Gasteiger partial charge is 0.478 e. The minimum atomic E-state index is -1.11. The molecule has 4 heteroatoms. The second-order valence-electron chi connectivity index (χ2n) is 3.12. The van der Waals surface area contributed by atoms with Crippen molar-refractivity contribution in [3.63, 3.8) is 0 Å². The highest BCUT2D eigenvalue weighted by Gasteiger charge is 2.09. The molecule has 1 aromatic carbocycles. The lowest BCUT2D eigenvalue weighted by molar-refractivity contribution is 0.0696. The fraction of sp³-hybridized carbons (Fsp3) is 0.300. The Labute approximate surface area is 86.1 Å². The number of benzene rings is 1. The van der Waals surface area contributed by atoms with Crippen LogP contribution in [0, 0.1) is 5.82 Å². The molecule has 0 spiro atoms. The highest BCUT2D eigenvalue weighted by Crippen LogP contribution is 2.26. The van der Waals surface area contributed by atoms with Crippen molar-refractivity contribution in [2.45, 2.75) is 24.0 Å². The van der Waals surface area contributed by atoms with E-state index in [0.717, 1.165) is 6.07 Å². The Kier molecular flexibility index (Phi) is 3.52. The third-order valence-corrected chi connectivity index (χ3v) is 2.60. The lowest BCUT2D eigenvalue weighted by Crippen LogP contribution is -1.98. The molecule has 1 rings (SSSR count). The number of hydrogen-bond acceptors (Lipinski definition) is 2. The van der Waals surface area contributed by atoms with Gasteiger partial charge in [0.2, 0.25) is 0 Å². The van der Waals surface area contributed by atoms with E-state index in [9.17, 15) is 9.18 Å². The first kappa shape index (κ1) is 11.0. The van der Waals surface area contributed by atoms with E-state index in [1.807, 2.05) is 13.8 Å². The Morgan fingerprint density at radius 2 is 2.14 bits per heavy atom. The lowest BCUT2D eigenvalue weighted by atomic mass is 10.2. The van der Waals surface area contributed by atoms with Crippen LogP contribution < -0.4 is 0 Å². The maximum Gasteiger partial charge on any atom is 0.335 e. The summed E-state index contributed by atoms with van der Waals surface area (Å²) in [6.45, 7) is 3.91. The Morgan fingerprint density at radius 1 is 1.50 bits per heavy atom. The molecule has 0 unspecified atom stereocenters. The summed E-state index contributed by atoms with van der Waals surface area (Å²) in [4.78, 5) is 11.0. The van der Waals surface area contributed by atoms with Crippen LogP contribution in [0.4, 0.5) is 4.39 Å². The van der Waals surface area contributed by atoms with Crippen LogP contribution in [0.2, 0.25) is 0 Å². The van der Waals surface area contributed by atoms with Gasteiger partial charge in [0.05, 0.1) is 5.56 Å². The van der Waals surface area contributed by atoms with Gasteiger partial charge in [-0.15, -0.1) is 11.8 Å². The predicted octanol–water partition coefficient (Wildman–Crippen LogP) is 3.02. The number of halogens is 1. The van der Waals surface area contributed by atoms with Gasteiger partial charge in [-0.2, -0.15) is 0 Å². The predicted molar refractivity (Wildman–Crippen MR) is 54.4 cm³/mol. The van der Waals surface area contributed by atoms with Crippen molar-refractivity contribution in [3.8, 4) is 0 Å². The van der Waals surface area contributed by atoms with E-state index in [1.54, 1.807) is 0 Å². The van der Waals surface area contributed by atoms with Gasteiger partial charge in [-0.25, -0.2) is 9.18 Å². The molecule has 0 aliphatic heterocycles. The summed E-state index contributed by atoms with van der Waals surface area (Å²) in [6, 6.07) is 3.96. The van der Waals surface area contributed by atoms with Gasteiger partial charge in [0, 0.05) is 10.1 Å². The van der Waals surface area contributed by atoms with Crippen LogP contribution in [-0.4, -0.2) is 16.3 Å². The lowest BCUT2D eigenvalue weighted by Gasteiger charge is -2.06. The molecule has 0 atom stereocenters. The van der Waals surface area contributed by atoms with Crippen molar-refractivity contribution < 1.29 is 14.3 Å². The van der Waals surface area contributed by atoms with Crippen LogP contribution in [0.5, 0.6) is 0 Å². The van der Waals surface area contributed by atoms with Gasteiger partial charge in [-0.1, -0.05) is 13.8 Å². The highest BCUT2D eigenvalue weighted by atomic mass is 32.2.